The Morgan fingerprint density at radius 3 is 1.67 bits per heavy atom. The molecule has 2 aromatic heterocycles. The predicted octanol–water partition coefficient (Wildman–Crippen LogP) is 4.01. The zero-order valence-electron chi connectivity index (χ0n) is 12.2. The predicted molar refractivity (Wildman–Crippen MR) is 76.9 cm³/mol. The van der Waals surface area contributed by atoms with Gasteiger partial charge >= 0.3 is 0 Å². The highest BCUT2D eigenvalue weighted by molar-refractivity contribution is 5.21. The van der Waals surface area contributed by atoms with Crippen LogP contribution in [0.4, 0.5) is 0 Å². The fourth-order valence-corrected chi connectivity index (χ4v) is 1.83. The molecule has 0 aliphatic carbocycles. The molecule has 0 unspecified atom stereocenters. The number of aryl methyl sites for hydroxylation is 6. The van der Waals surface area contributed by atoms with Crippen LogP contribution in [0.1, 0.15) is 33.8 Å². The quantitative estimate of drug-likeness (QED) is 0.697. The average molecular weight is 242 g/mol. The van der Waals surface area contributed by atoms with E-state index in [1.165, 1.54) is 16.7 Å². The van der Waals surface area contributed by atoms with Crippen LogP contribution in [0.25, 0.3) is 0 Å². The Balaban J connectivity index is 0.000000180. The molecule has 0 radical (unpaired) electrons. The molecule has 2 heterocycles. The van der Waals surface area contributed by atoms with Gasteiger partial charge in [0.2, 0.25) is 0 Å². The van der Waals surface area contributed by atoms with Gasteiger partial charge in [0, 0.05) is 23.3 Å². The molecule has 0 saturated carbocycles. The van der Waals surface area contributed by atoms with E-state index in [4.69, 9.17) is 0 Å². The first-order valence-electron chi connectivity index (χ1n) is 6.20. The van der Waals surface area contributed by atoms with Crippen LogP contribution >= 0.6 is 0 Å². The smallest absolute Gasteiger partial charge is 0.0401 e. The molecule has 2 nitrogen and oxygen atoms in total. The molecule has 0 aliphatic heterocycles. The second-order valence-electron chi connectivity index (χ2n) is 4.84. The normalized spacial score (nSPS) is 9.67. The minimum absolute atomic E-state index is 1.10. The van der Waals surface area contributed by atoms with Gasteiger partial charge in [-0.2, -0.15) is 0 Å². The van der Waals surface area contributed by atoms with Crippen molar-refractivity contribution < 1.29 is 0 Å². The molecule has 2 heteroatoms. The van der Waals surface area contributed by atoms with Crippen LogP contribution < -0.4 is 0 Å². The highest BCUT2D eigenvalue weighted by Crippen LogP contribution is 2.04. The van der Waals surface area contributed by atoms with Gasteiger partial charge in [-0.05, 0) is 70.4 Å². The Morgan fingerprint density at radius 2 is 1.28 bits per heavy atom. The van der Waals surface area contributed by atoms with Crippen molar-refractivity contribution in [3.63, 3.8) is 0 Å². The van der Waals surface area contributed by atoms with Crippen molar-refractivity contribution in [2.75, 3.05) is 0 Å². The van der Waals surface area contributed by atoms with Crippen molar-refractivity contribution >= 4 is 0 Å². The summed E-state index contributed by atoms with van der Waals surface area (Å²) < 4.78 is 0. The van der Waals surface area contributed by atoms with Crippen molar-refractivity contribution in [3.8, 4) is 0 Å². The Kier molecular flexibility index (Phi) is 5.02. The topological polar surface area (TPSA) is 25.8 Å². The molecule has 2 rings (SSSR count). The number of pyridine rings is 2. The maximum Gasteiger partial charge on any atom is 0.0401 e. The van der Waals surface area contributed by atoms with Crippen LogP contribution in [-0.2, 0) is 0 Å². The van der Waals surface area contributed by atoms with Gasteiger partial charge in [0.05, 0.1) is 0 Å². The molecular formula is C16H22N2. The lowest BCUT2D eigenvalue weighted by atomic mass is 10.2. The number of hydrogen-bond acceptors (Lipinski definition) is 2. The molecule has 0 aromatic carbocycles. The lowest BCUT2D eigenvalue weighted by Crippen LogP contribution is -1.85. The van der Waals surface area contributed by atoms with E-state index >= 15 is 0 Å². The largest absolute Gasteiger partial charge is 0.261 e. The summed E-state index contributed by atoms with van der Waals surface area (Å²) in [7, 11) is 0. The second-order valence-corrected chi connectivity index (χ2v) is 4.84. The van der Waals surface area contributed by atoms with E-state index < -0.39 is 0 Å². The minimum atomic E-state index is 1.10. The van der Waals surface area contributed by atoms with Crippen LogP contribution in [0, 0.1) is 41.5 Å². The van der Waals surface area contributed by atoms with Crippen LogP contribution in [0.5, 0.6) is 0 Å². The first-order chi connectivity index (χ1) is 8.38. The van der Waals surface area contributed by atoms with E-state index in [9.17, 15) is 0 Å². The second kappa shape index (κ2) is 6.29. The van der Waals surface area contributed by atoms with Gasteiger partial charge in [-0.1, -0.05) is 6.07 Å². The SMILES string of the molecule is Cc1cc(C)nc(C)c1.Cc1cnc(C)c(C)c1. The molecular weight excluding hydrogens is 220 g/mol. The van der Waals surface area contributed by atoms with Gasteiger partial charge in [-0.25, -0.2) is 0 Å². The van der Waals surface area contributed by atoms with E-state index in [1.807, 2.05) is 27.0 Å². The molecule has 2 aromatic rings. The maximum absolute atomic E-state index is 4.23. The van der Waals surface area contributed by atoms with Gasteiger partial charge < -0.3 is 0 Å². The first-order valence-corrected chi connectivity index (χ1v) is 6.20. The fraction of sp³-hybridized carbons (Fsp3) is 0.375. The number of hydrogen-bond donors (Lipinski definition) is 0. The highest BCUT2D eigenvalue weighted by Gasteiger charge is 1.90. The van der Waals surface area contributed by atoms with Crippen molar-refractivity contribution in [3.05, 3.63) is 58.2 Å². The molecule has 0 fully saturated rings. The molecule has 0 aliphatic rings. The summed E-state index contributed by atoms with van der Waals surface area (Å²) in [5, 5.41) is 0. The first kappa shape index (κ1) is 14.4. The van der Waals surface area contributed by atoms with E-state index in [0.717, 1.165) is 17.1 Å². The summed E-state index contributed by atoms with van der Waals surface area (Å²) >= 11 is 0. The van der Waals surface area contributed by atoms with Crippen molar-refractivity contribution in [1.29, 1.82) is 0 Å². The van der Waals surface area contributed by atoms with E-state index in [1.54, 1.807) is 0 Å². The van der Waals surface area contributed by atoms with Gasteiger partial charge in [0.15, 0.2) is 0 Å². The van der Waals surface area contributed by atoms with Gasteiger partial charge in [0.1, 0.15) is 0 Å². The van der Waals surface area contributed by atoms with Crippen LogP contribution in [0.15, 0.2) is 24.4 Å². The van der Waals surface area contributed by atoms with E-state index in [2.05, 4.69) is 48.9 Å². The van der Waals surface area contributed by atoms with Crippen LogP contribution in [-0.4, -0.2) is 9.97 Å². The standard InChI is InChI=1S/2C8H11N/c1-6-4-7(2)8(3)9-5-6;1-6-4-7(2)9-8(3)5-6/h2*4-5H,1-3H3. The van der Waals surface area contributed by atoms with Crippen molar-refractivity contribution in [2.24, 2.45) is 0 Å². The summed E-state index contributed by atoms with van der Waals surface area (Å²) in [6.07, 6.45) is 1.89. The van der Waals surface area contributed by atoms with Gasteiger partial charge in [0.25, 0.3) is 0 Å². The summed E-state index contributed by atoms with van der Waals surface area (Å²) in [4.78, 5) is 8.41. The number of nitrogens with zero attached hydrogens (tertiary/aromatic N) is 2. The Labute approximate surface area is 110 Å². The molecule has 0 spiro atoms. The monoisotopic (exact) mass is 242 g/mol. The molecule has 0 saturated heterocycles. The summed E-state index contributed by atoms with van der Waals surface area (Å²) in [6.45, 7) is 12.3. The molecule has 0 bridgehead atoms. The van der Waals surface area contributed by atoms with Crippen molar-refractivity contribution in [2.45, 2.75) is 41.5 Å². The molecule has 18 heavy (non-hydrogen) atoms. The lowest BCUT2D eigenvalue weighted by molar-refractivity contribution is 1.10. The molecule has 96 valence electrons. The lowest BCUT2D eigenvalue weighted by Gasteiger charge is -1.97. The third kappa shape index (κ3) is 4.66. The molecule has 0 amide bonds. The van der Waals surface area contributed by atoms with Crippen LogP contribution in [0.3, 0.4) is 0 Å². The van der Waals surface area contributed by atoms with Crippen LogP contribution in [0.2, 0.25) is 0 Å². The van der Waals surface area contributed by atoms with Gasteiger partial charge in [-0.15, -0.1) is 0 Å². The highest BCUT2D eigenvalue weighted by atomic mass is 14.7. The fourth-order valence-electron chi connectivity index (χ4n) is 1.83. The maximum atomic E-state index is 4.23. The van der Waals surface area contributed by atoms with Gasteiger partial charge in [-0.3, -0.25) is 9.97 Å². The number of aromatic nitrogens is 2. The number of rotatable bonds is 0. The summed E-state index contributed by atoms with van der Waals surface area (Å²) in [5.41, 5.74) is 7.13. The average Bonchev–Trinajstić information content (AvgIpc) is 2.23. The minimum Gasteiger partial charge on any atom is -0.261 e. The Bertz CT molecular complexity index is 480. The third-order valence-corrected chi connectivity index (χ3v) is 2.70. The zero-order chi connectivity index (χ0) is 13.7. The third-order valence-electron chi connectivity index (χ3n) is 2.70. The van der Waals surface area contributed by atoms with E-state index in [-0.39, 0.29) is 0 Å². The van der Waals surface area contributed by atoms with E-state index in [0.29, 0.717) is 0 Å². The summed E-state index contributed by atoms with van der Waals surface area (Å²) in [6, 6.07) is 6.29. The molecule has 0 N–H and O–H groups in total. The Hall–Kier alpha value is -1.70. The van der Waals surface area contributed by atoms with Crippen molar-refractivity contribution in [1.82, 2.24) is 9.97 Å². The Morgan fingerprint density at radius 1 is 0.722 bits per heavy atom. The zero-order valence-corrected chi connectivity index (χ0v) is 12.2. The molecule has 0 atom stereocenters. The summed E-state index contributed by atoms with van der Waals surface area (Å²) in [5.74, 6) is 0.